The van der Waals surface area contributed by atoms with Crippen molar-refractivity contribution in [3.8, 4) is 6.07 Å². The molecule has 17 heavy (non-hydrogen) atoms. The van der Waals surface area contributed by atoms with E-state index in [1.807, 2.05) is 19.1 Å². The van der Waals surface area contributed by atoms with Crippen LogP contribution in [-0.4, -0.2) is 18.1 Å². The molecule has 0 atom stereocenters. The summed E-state index contributed by atoms with van der Waals surface area (Å²) in [4.78, 5) is 6.78. The molecule has 0 radical (unpaired) electrons. The summed E-state index contributed by atoms with van der Waals surface area (Å²) >= 11 is 0. The van der Waals surface area contributed by atoms with E-state index in [-0.39, 0.29) is 0 Å². The third kappa shape index (κ3) is 2.58. The fourth-order valence-electron chi connectivity index (χ4n) is 2.42. The lowest BCUT2D eigenvalue weighted by atomic mass is 9.94. The van der Waals surface area contributed by atoms with Crippen LogP contribution in [0.4, 0.5) is 5.82 Å². The van der Waals surface area contributed by atoms with Crippen molar-refractivity contribution in [2.45, 2.75) is 33.1 Å². The molecule has 2 rings (SSSR count). The summed E-state index contributed by atoms with van der Waals surface area (Å²) in [5.41, 5.74) is 1.68. The molecule has 1 aromatic heterocycles. The number of hydrogen-bond acceptors (Lipinski definition) is 3. The average Bonchev–Trinajstić information content (AvgIpc) is 2.39. The second-order valence-corrected chi connectivity index (χ2v) is 4.77. The van der Waals surface area contributed by atoms with Crippen molar-refractivity contribution >= 4 is 5.82 Å². The first-order chi connectivity index (χ1) is 8.24. The molecule has 0 aromatic carbocycles. The van der Waals surface area contributed by atoms with Crippen LogP contribution in [0.2, 0.25) is 0 Å². The van der Waals surface area contributed by atoms with Crippen molar-refractivity contribution < 1.29 is 0 Å². The quantitative estimate of drug-likeness (QED) is 0.783. The topological polar surface area (TPSA) is 39.9 Å². The first-order valence-electron chi connectivity index (χ1n) is 6.37. The van der Waals surface area contributed by atoms with E-state index < -0.39 is 0 Å². The van der Waals surface area contributed by atoms with Gasteiger partial charge in [-0.15, -0.1) is 0 Å². The smallest absolute Gasteiger partial charge is 0.146 e. The fourth-order valence-corrected chi connectivity index (χ4v) is 2.42. The van der Waals surface area contributed by atoms with Crippen molar-refractivity contribution in [2.75, 3.05) is 18.0 Å². The molecule has 1 fully saturated rings. The molecule has 3 nitrogen and oxygen atoms in total. The summed E-state index contributed by atoms with van der Waals surface area (Å²) in [7, 11) is 0. The van der Waals surface area contributed by atoms with Crippen LogP contribution >= 0.6 is 0 Å². The van der Waals surface area contributed by atoms with E-state index in [0.717, 1.165) is 30.5 Å². The molecule has 0 N–H and O–H groups in total. The highest BCUT2D eigenvalue weighted by molar-refractivity contribution is 5.54. The van der Waals surface area contributed by atoms with Gasteiger partial charge in [-0.3, -0.25) is 0 Å². The van der Waals surface area contributed by atoms with Gasteiger partial charge in [-0.1, -0.05) is 13.3 Å². The first-order valence-corrected chi connectivity index (χ1v) is 6.37. The highest BCUT2D eigenvalue weighted by atomic mass is 15.2. The Morgan fingerprint density at radius 1 is 1.41 bits per heavy atom. The molecular formula is C14H19N3. The molecule has 1 aliphatic heterocycles. The van der Waals surface area contributed by atoms with Crippen LogP contribution in [-0.2, 0) is 0 Å². The highest BCUT2D eigenvalue weighted by Crippen LogP contribution is 2.26. The Hall–Kier alpha value is -1.56. The van der Waals surface area contributed by atoms with Gasteiger partial charge in [0.2, 0.25) is 0 Å². The van der Waals surface area contributed by atoms with Gasteiger partial charge < -0.3 is 4.90 Å². The minimum atomic E-state index is 0.700. The van der Waals surface area contributed by atoms with Crippen LogP contribution in [0, 0.1) is 24.2 Å². The Labute approximate surface area is 103 Å². The number of aryl methyl sites for hydroxylation is 1. The van der Waals surface area contributed by atoms with Gasteiger partial charge in [0.25, 0.3) is 0 Å². The molecule has 0 saturated carbocycles. The van der Waals surface area contributed by atoms with Gasteiger partial charge >= 0.3 is 0 Å². The number of pyridine rings is 1. The standard InChI is InChI=1S/C14H19N3/c1-3-12-6-8-17(9-7-12)14-13(10-15)5-4-11(2)16-14/h4-5,12H,3,6-9H2,1-2H3. The van der Waals surface area contributed by atoms with Crippen LogP contribution in [0.15, 0.2) is 12.1 Å². The summed E-state index contributed by atoms with van der Waals surface area (Å²) < 4.78 is 0. The van der Waals surface area contributed by atoms with E-state index in [1.54, 1.807) is 0 Å². The molecule has 0 spiro atoms. The number of piperidine rings is 1. The van der Waals surface area contributed by atoms with Crippen molar-refractivity contribution in [3.05, 3.63) is 23.4 Å². The van der Waals surface area contributed by atoms with Crippen LogP contribution in [0.25, 0.3) is 0 Å². The second kappa shape index (κ2) is 5.18. The molecule has 0 bridgehead atoms. The number of hydrogen-bond donors (Lipinski definition) is 0. The van der Waals surface area contributed by atoms with Gasteiger partial charge in [-0.05, 0) is 37.8 Å². The van der Waals surface area contributed by atoms with E-state index in [1.165, 1.54) is 19.3 Å². The van der Waals surface area contributed by atoms with E-state index in [2.05, 4.69) is 22.9 Å². The van der Waals surface area contributed by atoms with Crippen LogP contribution in [0.5, 0.6) is 0 Å². The van der Waals surface area contributed by atoms with Crippen molar-refractivity contribution in [1.82, 2.24) is 4.98 Å². The maximum Gasteiger partial charge on any atom is 0.146 e. The molecule has 1 aromatic rings. The summed E-state index contributed by atoms with van der Waals surface area (Å²) in [6.07, 6.45) is 3.70. The van der Waals surface area contributed by atoms with Gasteiger partial charge in [0.05, 0.1) is 5.56 Å². The number of rotatable bonds is 2. The first kappa shape index (κ1) is 11.9. The number of nitrogens with zero attached hydrogens (tertiary/aromatic N) is 3. The van der Waals surface area contributed by atoms with Crippen molar-refractivity contribution in [1.29, 1.82) is 5.26 Å². The minimum absolute atomic E-state index is 0.700. The number of anilines is 1. The third-order valence-electron chi connectivity index (χ3n) is 3.63. The normalized spacial score (nSPS) is 16.9. The Bertz CT molecular complexity index is 426. The average molecular weight is 229 g/mol. The van der Waals surface area contributed by atoms with Gasteiger partial charge in [-0.25, -0.2) is 4.98 Å². The van der Waals surface area contributed by atoms with Gasteiger partial charge in [-0.2, -0.15) is 5.26 Å². The number of nitriles is 1. The number of aromatic nitrogens is 1. The van der Waals surface area contributed by atoms with Crippen LogP contribution < -0.4 is 4.90 Å². The van der Waals surface area contributed by atoms with Gasteiger partial charge in [0, 0.05) is 18.8 Å². The molecule has 90 valence electrons. The largest absolute Gasteiger partial charge is 0.355 e. The highest BCUT2D eigenvalue weighted by Gasteiger charge is 2.20. The van der Waals surface area contributed by atoms with Crippen molar-refractivity contribution in [2.24, 2.45) is 5.92 Å². The Kier molecular flexibility index (Phi) is 3.63. The summed E-state index contributed by atoms with van der Waals surface area (Å²) in [6, 6.07) is 6.02. The molecule has 0 unspecified atom stereocenters. The lowest BCUT2D eigenvalue weighted by molar-refractivity contribution is 0.393. The summed E-state index contributed by atoms with van der Waals surface area (Å²) in [6.45, 7) is 6.29. The molecule has 3 heteroatoms. The molecule has 1 aliphatic rings. The third-order valence-corrected chi connectivity index (χ3v) is 3.63. The van der Waals surface area contributed by atoms with Crippen LogP contribution in [0.3, 0.4) is 0 Å². The lowest BCUT2D eigenvalue weighted by Gasteiger charge is -2.32. The maximum absolute atomic E-state index is 9.12. The predicted molar refractivity (Wildman–Crippen MR) is 68.9 cm³/mol. The molecule has 2 heterocycles. The Morgan fingerprint density at radius 2 is 2.12 bits per heavy atom. The zero-order valence-corrected chi connectivity index (χ0v) is 10.6. The Morgan fingerprint density at radius 3 is 2.71 bits per heavy atom. The summed E-state index contributed by atoms with van der Waals surface area (Å²) in [5, 5.41) is 9.12. The van der Waals surface area contributed by atoms with E-state index >= 15 is 0 Å². The zero-order chi connectivity index (χ0) is 12.3. The summed E-state index contributed by atoms with van der Waals surface area (Å²) in [5.74, 6) is 1.73. The molecule has 0 aliphatic carbocycles. The van der Waals surface area contributed by atoms with Gasteiger partial charge in [0.1, 0.15) is 11.9 Å². The molecular weight excluding hydrogens is 210 g/mol. The van der Waals surface area contributed by atoms with E-state index in [4.69, 9.17) is 5.26 Å². The SMILES string of the molecule is CCC1CCN(c2nc(C)ccc2C#N)CC1. The van der Waals surface area contributed by atoms with Gasteiger partial charge in [0.15, 0.2) is 0 Å². The van der Waals surface area contributed by atoms with Crippen molar-refractivity contribution in [3.63, 3.8) is 0 Å². The zero-order valence-electron chi connectivity index (χ0n) is 10.6. The maximum atomic E-state index is 9.12. The molecule has 0 amide bonds. The van der Waals surface area contributed by atoms with Crippen LogP contribution in [0.1, 0.15) is 37.4 Å². The second-order valence-electron chi connectivity index (χ2n) is 4.77. The van der Waals surface area contributed by atoms with E-state index in [0.29, 0.717) is 5.56 Å². The molecule has 1 saturated heterocycles. The Balaban J connectivity index is 2.18. The lowest BCUT2D eigenvalue weighted by Crippen LogP contribution is -2.34. The monoisotopic (exact) mass is 229 g/mol. The van der Waals surface area contributed by atoms with E-state index in [9.17, 15) is 0 Å². The minimum Gasteiger partial charge on any atom is -0.355 e. The predicted octanol–water partition coefficient (Wildman–Crippen LogP) is 2.89. The fraction of sp³-hybridized carbons (Fsp3) is 0.571.